The first-order valence-corrected chi connectivity index (χ1v) is 9.36. The van der Waals surface area contributed by atoms with E-state index in [0.29, 0.717) is 11.8 Å². The topological polar surface area (TPSA) is 60.2 Å². The van der Waals surface area contributed by atoms with Crippen LogP contribution in [0.4, 0.5) is 0 Å². The van der Waals surface area contributed by atoms with Gasteiger partial charge < -0.3 is 14.4 Å². The molecule has 1 aliphatic rings. The van der Waals surface area contributed by atoms with Crippen LogP contribution in [-0.4, -0.2) is 38.3 Å². The molecule has 1 atom stereocenters. The van der Waals surface area contributed by atoms with E-state index in [2.05, 4.69) is 41.6 Å². The lowest BCUT2D eigenvalue weighted by Crippen LogP contribution is -2.22. The van der Waals surface area contributed by atoms with Crippen LogP contribution in [0.3, 0.4) is 0 Å². The largest absolute Gasteiger partial charge is 0.491 e. The van der Waals surface area contributed by atoms with E-state index < -0.39 is 6.10 Å². The molecule has 2 aromatic rings. The van der Waals surface area contributed by atoms with Crippen molar-refractivity contribution in [2.24, 2.45) is 0 Å². The summed E-state index contributed by atoms with van der Waals surface area (Å²) >= 11 is 1.53. The fraction of sp³-hybridized carbons (Fsp3) is 0.556. The summed E-state index contributed by atoms with van der Waals surface area (Å²) in [5.74, 6) is 1.39. The minimum absolute atomic E-state index is 0.0109. The van der Waals surface area contributed by atoms with Gasteiger partial charge in [0.15, 0.2) is 5.16 Å². The second-order valence-electron chi connectivity index (χ2n) is 7.27. The lowest BCUT2D eigenvalue weighted by molar-refractivity contribution is 0.125. The van der Waals surface area contributed by atoms with Crippen LogP contribution in [-0.2, 0) is 5.41 Å². The van der Waals surface area contributed by atoms with E-state index in [1.54, 1.807) is 6.33 Å². The molecule has 0 saturated heterocycles. The van der Waals surface area contributed by atoms with Gasteiger partial charge in [-0.15, -0.1) is 10.2 Å². The number of hydrogen-bond donors (Lipinski definition) is 1. The van der Waals surface area contributed by atoms with E-state index in [1.807, 2.05) is 18.2 Å². The summed E-state index contributed by atoms with van der Waals surface area (Å²) in [6.45, 7) is 6.75. The van der Waals surface area contributed by atoms with Crippen LogP contribution >= 0.6 is 11.8 Å². The number of thioether (sulfide) groups is 1. The summed E-state index contributed by atoms with van der Waals surface area (Å²) in [4.78, 5) is 0. The number of aliphatic hydroxyl groups excluding tert-OH is 1. The smallest absolute Gasteiger partial charge is 0.191 e. The SMILES string of the molecule is CC(C)(C)c1ccccc1OC[C@H](O)CSc1nncn1C1CC1. The molecule has 3 rings (SSSR count). The van der Waals surface area contributed by atoms with Crippen molar-refractivity contribution in [3.05, 3.63) is 36.2 Å². The van der Waals surface area contributed by atoms with Crippen LogP contribution in [0.2, 0.25) is 0 Å². The van der Waals surface area contributed by atoms with Crippen molar-refractivity contribution in [2.45, 2.75) is 56.3 Å². The quantitative estimate of drug-likeness (QED) is 0.778. The molecule has 0 spiro atoms. The maximum absolute atomic E-state index is 10.2. The lowest BCUT2D eigenvalue weighted by atomic mass is 9.86. The van der Waals surface area contributed by atoms with E-state index in [4.69, 9.17) is 4.74 Å². The fourth-order valence-electron chi connectivity index (χ4n) is 2.56. The van der Waals surface area contributed by atoms with Crippen molar-refractivity contribution >= 4 is 11.8 Å². The third-order valence-corrected chi connectivity index (χ3v) is 5.11. The van der Waals surface area contributed by atoms with E-state index in [0.717, 1.165) is 16.5 Å². The van der Waals surface area contributed by atoms with Gasteiger partial charge in [-0.2, -0.15) is 0 Å². The Hall–Kier alpha value is -1.53. The molecule has 5 nitrogen and oxygen atoms in total. The molecule has 1 heterocycles. The molecule has 1 aromatic carbocycles. The molecule has 1 aromatic heterocycles. The van der Waals surface area contributed by atoms with Gasteiger partial charge in [-0.3, -0.25) is 0 Å². The second-order valence-corrected chi connectivity index (χ2v) is 8.26. The molecule has 1 N–H and O–H groups in total. The molecule has 1 aliphatic carbocycles. The van der Waals surface area contributed by atoms with Gasteiger partial charge in [0, 0.05) is 11.8 Å². The van der Waals surface area contributed by atoms with Crippen LogP contribution in [0.5, 0.6) is 5.75 Å². The minimum atomic E-state index is -0.549. The molecular formula is C18H25N3O2S. The molecule has 0 bridgehead atoms. The van der Waals surface area contributed by atoms with Crippen molar-refractivity contribution in [1.29, 1.82) is 0 Å². The highest BCUT2D eigenvalue weighted by Crippen LogP contribution is 2.37. The third-order valence-electron chi connectivity index (χ3n) is 4.01. The van der Waals surface area contributed by atoms with E-state index in [1.165, 1.54) is 24.6 Å². The highest BCUT2D eigenvalue weighted by molar-refractivity contribution is 7.99. The number of rotatable bonds is 7. The zero-order chi connectivity index (χ0) is 17.2. The van der Waals surface area contributed by atoms with E-state index >= 15 is 0 Å². The third kappa shape index (κ3) is 4.30. The van der Waals surface area contributed by atoms with Crippen LogP contribution in [0.15, 0.2) is 35.7 Å². The summed E-state index contributed by atoms with van der Waals surface area (Å²) in [6, 6.07) is 8.57. The summed E-state index contributed by atoms with van der Waals surface area (Å²) < 4.78 is 7.98. The normalized spacial score (nSPS) is 16.2. The predicted molar refractivity (Wildman–Crippen MR) is 95.7 cm³/mol. The monoisotopic (exact) mass is 347 g/mol. The molecule has 24 heavy (non-hydrogen) atoms. The van der Waals surface area contributed by atoms with Gasteiger partial charge in [0.1, 0.15) is 18.7 Å². The van der Waals surface area contributed by atoms with E-state index in [-0.39, 0.29) is 12.0 Å². The van der Waals surface area contributed by atoms with Crippen molar-refractivity contribution in [3.63, 3.8) is 0 Å². The Morgan fingerprint density at radius 2 is 2.08 bits per heavy atom. The zero-order valence-corrected chi connectivity index (χ0v) is 15.3. The Labute approximate surface area is 147 Å². The average Bonchev–Trinajstić information content (AvgIpc) is 3.28. The van der Waals surface area contributed by atoms with Crippen LogP contribution < -0.4 is 4.74 Å². The Morgan fingerprint density at radius 1 is 1.33 bits per heavy atom. The van der Waals surface area contributed by atoms with Gasteiger partial charge in [0.25, 0.3) is 0 Å². The van der Waals surface area contributed by atoms with Gasteiger partial charge >= 0.3 is 0 Å². The number of benzene rings is 1. The maximum atomic E-state index is 10.2. The van der Waals surface area contributed by atoms with Gasteiger partial charge in [0.05, 0.1) is 6.10 Å². The standard InChI is InChI=1S/C18H25N3O2S/c1-18(2,3)15-6-4-5-7-16(15)23-10-14(22)11-24-17-20-19-12-21(17)13-8-9-13/h4-7,12-14,22H,8-11H2,1-3H3/t14-/m0/s1. The minimum Gasteiger partial charge on any atom is -0.491 e. The Balaban J connectivity index is 1.53. The number of hydrogen-bond acceptors (Lipinski definition) is 5. The molecule has 1 fully saturated rings. The Morgan fingerprint density at radius 3 is 2.79 bits per heavy atom. The number of aromatic nitrogens is 3. The summed E-state index contributed by atoms with van der Waals surface area (Å²) in [5.41, 5.74) is 1.16. The van der Waals surface area contributed by atoms with Gasteiger partial charge in [0.2, 0.25) is 0 Å². The molecule has 6 heteroatoms. The predicted octanol–water partition coefficient (Wildman–Crippen LogP) is 3.44. The average molecular weight is 347 g/mol. The Kier molecular flexibility index (Phi) is 5.15. The van der Waals surface area contributed by atoms with E-state index in [9.17, 15) is 5.11 Å². The lowest BCUT2D eigenvalue weighted by Gasteiger charge is -2.23. The highest BCUT2D eigenvalue weighted by atomic mass is 32.2. The first-order valence-electron chi connectivity index (χ1n) is 8.38. The second kappa shape index (κ2) is 7.15. The summed E-state index contributed by atoms with van der Waals surface area (Å²) in [7, 11) is 0. The molecule has 130 valence electrons. The maximum Gasteiger partial charge on any atom is 0.191 e. The molecule has 0 unspecified atom stereocenters. The number of ether oxygens (including phenoxy) is 1. The van der Waals surface area contributed by atoms with Crippen molar-refractivity contribution in [3.8, 4) is 5.75 Å². The Bertz CT molecular complexity index is 677. The highest BCUT2D eigenvalue weighted by Gasteiger charge is 2.26. The number of aliphatic hydroxyl groups is 1. The van der Waals surface area contributed by atoms with Gasteiger partial charge in [-0.25, -0.2) is 0 Å². The fourth-order valence-corrected chi connectivity index (χ4v) is 3.44. The van der Waals surface area contributed by atoms with Crippen LogP contribution in [0.25, 0.3) is 0 Å². The van der Waals surface area contributed by atoms with Gasteiger partial charge in [-0.1, -0.05) is 50.7 Å². The van der Waals surface area contributed by atoms with Gasteiger partial charge in [-0.05, 0) is 29.9 Å². The molecule has 0 radical (unpaired) electrons. The van der Waals surface area contributed by atoms with Crippen molar-refractivity contribution in [2.75, 3.05) is 12.4 Å². The molecular weight excluding hydrogens is 322 g/mol. The first-order chi connectivity index (χ1) is 11.4. The molecule has 0 aliphatic heterocycles. The molecule has 1 saturated carbocycles. The number of para-hydroxylation sites is 1. The van der Waals surface area contributed by atoms with Crippen molar-refractivity contribution in [1.82, 2.24) is 14.8 Å². The number of nitrogens with zero attached hydrogens (tertiary/aromatic N) is 3. The van der Waals surface area contributed by atoms with Crippen LogP contribution in [0, 0.1) is 0 Å². The summed E-state index contributed by atoms with van der Waals surface area (Å²) in [5, 5.41) is 19.2. The zero-order valence-electron chi connectivity index (χ0n) is 14.5. The first kappa shape index (κ1) is 17.3. The molecule has 0 amide bonds. The van der Waals surface area contributed by atoms with Crippen LogP contribution in [0.1, 0.15) is 45.2 Å². The van der Waals surface area contributed by atoms with Crippen molar-refractivity contribution < 1.29 is 9.84 Å². The summed E-state index contributed by atoms with van der Waals surface area (Å²) in [6.07, 6.45) is 3.62.